The summed E-state index contributed by atoms with van der Waals surface area (Å²) in [6, 6.07) is 11.3. The summed E-state index contributed by atoms with van der Waals surface area (Å²) in [6.45, 7) is 4.14. The van der Waals surface area contributed by atoms with E-state index in [0.29, 0.717) is 25.0 Å². The van der Waals surface area contributed by atoms with Crippen LogP contribution in [0.1, 0.15) is 31.2 Å². The van der Waals surface area contributed by atoms with Gasteiger partial charge in [0.15, 0.2) is 5.96 Å². The van der Waals surface area contributed by atoms with Crippen LogP contribution in [0.5, 0.6) is 0 Å². The molecule has 1 N–H and O–H groups in total. The van der Waals surface area contributed by atoms with E-state index in [0.717, 1.165) is 45.0 Å². The van der Waals surface area contributed by atoms with Crippen molar-refractivity contribution in [1.82, 2.24) is 20.0 Å². The number of piperidine rings is 2. The molecule has 0 aromatic heterocycles. The molecule has 3 unspecified atom stereocenters. The number of nitrogens with zero attached hydrogens (tertiary/aromatic N) is 4. The molecule has 0 radical (unpaired) electrons. The molecule has 180 valence electrons. The van der Waals surface area contributed by atoms with E-state index in [9.17, 15) is 13.2 Å². The molecule has 3 saturated heterocycles. The van der Waals surface area contributed by atoms with Gasteiger partial charge in [0.1, 0.15) is 0 Å². The second-order valence-corrected chi connectivity index (χ2v) is 9.19. The van der Waals surface area contributed by atoms with Crippen molar-refractivity contribution < 1.29 is 13.2 Å². The van der Waals surface area contributed by atoms with Gasteiger partial charge in [-0.1, -0.05) is 30.3 Å². The number of hydrogen-bond donors (Lipinski definition) is 1. The highest BCUT2D eigenvalue weighted by Gasteiger charge is 2.38. The highest BCUT2D eigenvalue weighted by molar-refractivity contribution is 14.0. The van der Waals surface area contributed by atoms with Gasteiger partial charge >= 0.3 is 6.18 Å². The van der Waals surface area contributed by atoms with Gasteiger partial charge in [-0.25, -0.2) is 0 Å². The van der Waals surface area contributed by atoms with Crippen LogP contribution in [-0.4, -0.2) is 85.2 Å². The molecule has 5 nitrogen and oxygen atoms in total. The molecule has 0 saturated carbocycles. The minimum absolute atomic E-state index is 0. The van der Waals surface area contributed by atoms with Gasteiger partial charge in [-0.05, 0) is 43.7 Å². The topological polar surface area (TPSA) is 34.1 Å². The van der Waals surface area contributed by atoms with Gasteiger partial charge < -0.3 is 10.2 Å². The lowest BCUT2D eigenvalue weighted by Crippen LogP contribution is -2.57. The number of benzene rings is 1. The summed E-state index contributed by atoms with van der Waals surface area (Å²) in [4.78, 5) is 10.9. The third kappa shape index (κ3) is 6.72. The molecule has 3 fully saturated rings. The van der Waals surface area contributed by atoms with Crippen molar-refractivity contribution >= 4 is 29.9 Å². The molecule has 9 heteroatoms. The fourth-order valence-electron chi connectivity index (χ4n) is 5.54. The van der Waals surface area contributed by atoms with Gasteiger partial charge in [0, 0.05) is 51.9 Å². The summed E-state index contributed by atoms with van der Waals surface area (Å²) in [6.07, 6.45) is 0.128. The molecule has 3 atom stereocenters. The molecule has 3 aliphatic rings. The third-order valence-electron chi connectivity index (χ3n) is 6.93. The Morgan fingerprint density at radius 1 is 1.06 bits per heavy atom. The van der Waals surface area contributed by atoms with Gasteiger partial charge in [0.05, 0.1) is 6.54 Å². The average Bonchev–Trinajstić information content (AvgIpc) is 3.17. The Bertz CT molecular complexity index is 745. The van der Waals surface area contributed by atoms with Crippen LogP contribution in [0, 0.1) is 5.92 Å². The van der Waals surface area contributed by atoms with Crippen LogP contribution < -0.4 is 5.32 Å². The van der Waals surface area contributed by atoms with Gasteiger partial charge in [0.2, 0.25) is 0 Å². The first-order valence-electron chi connectivity index (χ1n) is 11.5. The molecule has 3 aliphatic heterocycles. The number of fused-ring (bicyclic) bond motifs is 1. The average molecular weight is 565 g/mol. The summed E-state index contributed by atoms with van der Waals surface area (Å²) in [7, 11) is 1.78. The molecule has 0 aliphatic carbocycles. The summed E-state index contributed by atoms with van der Waals surface area (Å²) in [5, 5.41) is 3.45. The second kappa shape index (κ2) is 11.4. The predicted molar refractivity (Wildman–Crippen MR) is 132 cm³/mol. The highest BCUT2D eigenvalue weighted by atomic mass is 127. The Labute approximate surface area is 206 Å². The van der Waals surface area contributed by atoms with E-state index in [-0.39, 0.29) is 30.0 Å². The normalized spacial score (nSPS) is 27.7. The Morgan fingerprint density at radius 3 is 2.56 bits per heavy atom. The van der Waals surface area contributed by atoms with E-state index < -0.39 is 12.7 Å². The molecule has 4 rings (SSSR count). The van der Waals surface area contributed by atoms with Crippen LogP contribution in [0.4, 0.5) is 13.2 Å². The summed E-state index contributed by atoms with van der Waals surface area (Å²) in [5.74, 6) is 1.45. The van der Waals surface area contributed by atoms with E-state index >= 15 is 0 Å². The molecule has 0 amide bonds. The maximum Gasteiger partial charge on any atom is 0.401 e. The van der Waals surface area contributed by atoms with E-state index in [2.05, 4.69) is 50.4 Å². The number of nitrogens with one attached hydrogen (secondary N) is 1. The van der Waals surface area contributed by atoms with Gasteiger partial charge in [0.25, 0.3) is 0 Å². The summed E-state index contributed by atoms with van der Waals surface area (Å²) >= 11 is 0. The molecule has 0 bridgehead atoms. The lowest BCUT2D eigenvalue weighted by atomic mass is 9.83. The van der Waals surface area contributed by atoms with Crippen molar-refractivity contribution in [2.24, 2.45) is 10.9 Å². The van der Waals surface area contributed by atoms with Crippen molar-refractivity contribution in [3.63, 3.8) is 0 Å². The first kappa shape index (κ1) is 25.6. The van der Waals surface area contributed by atoms with E-state index in [1.807, 2.05) is 0 Å². The zero-order valence-electron chi connectivity index (χ0n) is 18.7. The summed E-state index contributed by atoms with van der Waals surface area (Å²) in [5.41, 5.74) is 1.37. The molecule has 3 heterocycles. The van der Waals surface area contributed by atoms with Gasteiger partial charge in [-0.3, -0.25) is 14.8 Å². The van der Waals surface area contributed by atoms with Gasteiger partial charge in [-0.2, -0.15) is 13.2 Å². The number of halogens is 4. The largest absolute Gasteiger partial charge is 0.401 e. The maximum atomic E-state index is 12.7. The second-order valence-electron chi connectivity index (χ2n) is 9.19. The van der Waals surface area contributed by atoms with Crippen molar-refractivity contribution in [2.75, 3.05) is 46.3 Å². The number of alkyl halides is 3. The smallest absolute Gasteiger partial charge is 0.352 e. The fraction of sp³-hybridized carbons (Fsp3) is 0.696. The number of rotatable bonds is 4. The standard InChI is InChI=1S/C23H34F3N5.HI/c1-27-22(28-20-9-12-29(16-20)17-23(24,25)26)31-13-10-21-19(15-31)8-5-11-30(21)14-18-6-3-2-4-7-18;/h2-4,6-7,19-21H,5,8-17H2,1H3,(H,27,28);1H. The molecule has 0 spiro atoms. The first-order valence-corrected chi connectivity index (χ1v) is 11.5. The van der Waals surface area contributed by atoms with Crippen LogP contribution in [0.2, 0.25) is 0 Å². The molecule has 1 aromatic carbocycles. The van der Waals surface area contributed by atoms with Crippen LogP contribution in [0.25, 0.3) is 0 Å². The Morgan fingerprint density at radius 2 is 1.84 bits per heavy atom. The number of likely N-dealkylation sites (tertiary alicyclic amines) is 3. The van der Waals surface area contributed by atoms with Crippen molar-refractivity contribution in [3.05, 3.63) is 35.9 Å². The predicted octanol–water partition coefficient (Wildman–Crippen LogP) is 3.80. The monoisotopic (exact) mass is 565 g/mol. The lowest BCUT2D eigenvalue weighted by Gasteiger charge is -2.48. The molecule has 32 heavy (non-hydrogen) atoms. The third-order valence-corrected chi connectivity index (χ3v) is 6.93. The van der Waals surface area contributed by atoms with Crippen molar-refractivity contribution in [1.29, 1.82) is 0 Å². The van der Waals surface area contributed by atoms with E-state index in [4.69, 9.17) is 0 Å². The molecule has 1 aromatic rings. The van der Waals surface area contributed by atoms with E-state index in [1.54, 1.807) is 7.05 Å². The van der Waals surface area contributed by atoms with E-state index in [1.165, 1.54) is 23.3 Å². The van der Waals surface area contributed by atoms with Crippen LogP contribution in [0.3, 0.4) is 0 Å². The van der Waals surface area contributed by atoms with Crippen LogP contribution in [-0.2, 0) is 6.54 Å². The molecular formula is C23H35F3IN5. The zero-order chi connectivity index (χ0) is 21.8. The number of aliphatic imine (C=N–C) groups is 1. The Hall–Kier alpha value is -1.07. The van der Waals surface area contributed by atoms with Crippen molar-refractivity contribution in [3.8, 4) is 0 Å². The quantitative estimate of drug-likeness (QED) is 0.343. The maximum absolute atomic E-state index is 12.7. The first-order chi connectivity index (χ1) is 14.9. The fourth-order valence-corrected chi connectivity index (χ4v) is 5.54. The Kier molecular flexibility index (Phi) is 9.08. The molecular weight excluding hydrogens is 530 g/mol. The minimum atomic E-state index is -4.13. The van der Waals surface area contributed by atoms with Crippen molar-refractivity contribution in [2.45, 2.75) is 50.5 Å². The van der Waals surface area contributed by atoms with Crippen LogP contribution in [0.15, 0.2) is 35.3 Å². The highest BCUT2D eigenvalue weighted by Crippen LogP contribution is 2.32. The van der Waals surface area contributed by atoms with Gasteiger partial charge in [-0.15, -0.1) is 24.0 Å². The van der Waals surface area contributed by atoms with Crippen LogP contribution >= 0.6 is 24.0 Å². The SMILES string of the molecule is CN=C(NC1CCN(CC(F)(F)F)C1)N1CCC2C(CCCN2Cc2ccccc2)C1.I. The number of guanidine groups is 1. The summed E-state index contributed by atoms with van der Waals surface area (Å²) < 4.78 is 38.0. The Balaban J connectivity index is 0.00000289. The minimum Gasteiger partial charge on any atom is -0.352 e. The number of hydrogen-bond acceptors (Lipinski definition) is 3. The lowest BCUT2D eigenvalue weighted by molar-refractivity contribution is -0.143. The zero-order valence-corrected chi connectivity index (χ0v) is 21.1.